The molecule has 0 unspecified atom stereocenters. The van der Waals surface area contributed by atoms with Gasteiger partial charge in [-0.15, -0.1) is 0 Å². The number of carbonyl (C=O) groups is 2. The summed E-state index contributed by atoms with van der Waals surface area (Å²) in [7, 11) is 0. The molecule has 0 aromatic carbocycles. The van der Waals surface area contributed by atoms with Crippen molar-refractivity contribution in [3.8, 4) is 0 Å². The highest BCUT2D eigenvalue weighted by molar-refractivity contribution is 5.95. The minimum absolute atomic E-state index is 0.115. The van der Waals surface area contributed by atoms with Gasteiger partial charge < -0.3 is 15.3 Å². The number of hydrogen-bond acceptors (Lipinski definition) is 3. The zero-order valence-electron chi connectivity index (χ0n) is 12.3. The third-order valence-corrected chi connectivity index (χ3v) is 4.48. The molecule has 0 bridgehead atoms. The summed E-state index contributed by atoms with van der Waals surface area (Å²) >= 11 is 0. The van der Waals surface area contributed by atoms with Crippen molar-refractivity contribution in [2.75, 3.05) is 13.1 Å². The predicted molar refractivity (Wildman–Crippen MR) is 76.0 cm³/mol. The first-order valence-corrected chi connectivity index (χ1v) is 7.89. The highest BCUT2D eigenvalue weighted by atomic mass is 16.3. The number of aliphatic hydroxyl groups excluding tert-OH is 1. The lowest BCUT2D eigenvalue weighted by Crippen LogP contribution is -2.63. The third-order valence-electron chi connectivity index (χ3n) is 4.48. The highest BCUT2D eigenvalue weighted by Gasteiger charge is 2.40. The lowest BCUT2D eigenvalue weighted by atomic mass is 9.82. The van der Waals surface area contributed by atoms with Gasteiger partial charge in [-0.25, -0.2) is 0 Å². The van der Waals surface area contributed by atoms with Crippen LogP contribution in [0.4, 0.5) is 0 Å². The lowest BCUT2D eigenvalue weighted by molar-refractivity contribution is -0.149. The number of hydrogen-bond donors (Lipinski definition) is 2. The fourth-order valence-corrected chi connectivity index (χ4v) is 3.25. The molecule has 1 aliphatic heterocycles. The fraction of sp³-hybridized carbons (Fsp3) is 0.867. The minimum atomic E-state index is -0.740. The standard InChI is InChI=1S/C15H26N2O3/c1-2-3-9-17-10-12(18)16-13(15(17)20)14(19)11-7-5-4-6-8-11/h11,13-14,19H,2-10H2,1H3,(H,16,18)/t13-,14-/m1/s1. The Bertz CT molecular complexity index is 353. The Hall–Kier alpha value is -1.10. The van der Waals surface area contributed by atoms with E-state index in [2.05, 4.69) is 12.2 Å². The van der Waals surface area contributed by atoms with Gasteiger partial charge in [-0.3, -0.25) is 9.59 Å². The van der Waals surface area contributed by atoms with Gasteiger partial charge in [0, 0.05) is 6.54 Å². The number of nitrogens with one attached hydrogen (secondary N) is 1. The van der Waals surface area contributed by atoms with E-state index in [1.165, 1.54) is 6.42 Å². The Morgan fingerprint density at radius 1 is 1.30 bits per heavy atom. The van der Waals surface area contributed by atoms with Crippen molar-refractivity contribution < 1.29 is 14.7 Å². The van der Waals surface area contributed by atoms with Crippen LogP contribution in [0.15, 0.2) is 0 Å². The van der Waals surface area contributed by atoms with E-state index >= 15 is 0 Å². The molecule has 5 nitrogen and oxygen atoms in total. The average Bonchev–Trinajstić information content (AvgIpc) is 2.48. The largest absolute Gasteiger partial charge is 0.390 e. The van der Waals surface area contributed by atoms with Crippen LogP contribution in [0.5, 0.6) is 0 Å². The second-order valence-corrected chi connectivity index (χ2v) is 6.05. The van der Waals surface area contributed by atoms with Gasteiger partial charge in [0.1, 0.15) is 6.04 Å². The average molecular weight is 282 g/mol. The number of piperazine rings is 1. The Morgan fingerprint density at radius 2 is 2.00 bits per heavy atom. The summed E-state index contributed by atoms with van der Waals surface area (Å²) in [5.74, 6) is -0.124. The zero-order valence-corrected chi connectivity index (χ0v) is 12.3. The quantitative estimate of drug-likeness (QED) is 0.792. The van der Waals surface area contributed by atoms with Crippen LogP contribution in [-0.4, -0.2) is 47.1 Å². The summed E-state index contributed by atoms with van der Waals surface area (Å²) < 4.78 is 0. The first-order valence-electron chi connectivity index (χ1n) is 7.89. The third kappa shape index (κ3) is 3.51. The summed E-state index contributed by atoms with van der Waals surface area (Å²) in [4.78, 5) is 25.8. The molecule has 114 valence electrons. The summed E-state index contributed by atoms with van der Waals surface area (Å²) in [6.45, 7) is 2.80. The molecule has 2 N–H and O–H groups in total. The first kappa shape index (κ1) is 15.3. The first-order chi connectivity index (χ1) is 9.63. The van der Waals surface area contributed by atoms with Crippen LogP contribution in [0.2, 0.25) is 0 Å². The maximum absolute atomic E-state index is 12.4. The molecule has 0 radical (unpaired) electrons. The molecule has 1 aliphatic carbocycles. The molecule has 2 aliphatic rings. The van der Waals surface area contributed by atoms with Crippen LogP contribution in [-0.2, 0) is 9.59 Å². The van der Waals surface area contributed by atoms with E-state index in [0.717, 1.165) is 38.5 Å². The number of rotatable bonds is 5. The topological polar surface area (TPSA) is 69.6 Å². The van der Waals surface area contributed by atoms with Gasteiger partial charge in [-0.1, -0.05) is 32.6 Å². The van der Waals surface area contributed by atoms with Crippen LogP contribution < -0.4 is 5.32 Å². The Kier molecular flexibility index (Phi) is 5.40. The molecule has 2 atom stereocenters. The van der Waals surface area contributed by atoms with Crippen LogP contribution in [0.3, 0.4) is 0 Å². The number of amides is 2. The van der Waals surface area contributed by atoms with Crippen LogP contribution >= 0.6 is 0 Å². The summed E-state index contributed by atoms with van der Waals surface area (Å²) in [6, 6.07) is -0.740. The summed E-state index contributed by atoms with van der Waals surface area (Å²) in [5, 5.41) is 13.2. The zero-order chi connectivity index (χ0) is 14.5. The maximum Gasteiger partial charge on any atom is 0.248 e. The van der Waals surface area contributed by atoms with E-state index in [1.807, 2.05) is 0 Å². The molecule has 0 aromatic rings. The van der Waals surface area contributed by atoms with Gasteiger partial charge in [0.25, 0.3) is 0 Å². The molecular weight excluding hydrogens is 256 g/mol. The van der Waals surface area contributed by atoms with E-state index in [4.69, 9.17) is 0 Å². The normalized spacial score (nSPS) is 26.5. The van der Waals surface area contributed by atoms with Crippen molar-refractivity contribution in [2.45, 2.75) is 64.0 Å². The molecule has 20 heavy (non-hydrogen) atoms. The fourth-order valence-electron chi connectivity index (χ4n) is 3.25. The van der Waals surface area contributed by atoms with Crippen molar-refractivity contribution in [3.05, 3.63) is 0 Å². The van der Waals surface area contributed by atoms with Crippen LogP contribution in [0.25, 0.3) is 0 Å². The van der Waals surface area contributed by atoms with Crippen LogP contribution in [0, 0.1) is 5.92 Å². The van der Waals surface area contributed by atoms with Gasteiger partial charge in [0.05, 0.1) is 12.6 Å². The Morgan fingerprint density at radius 3 is 2.65 bits per heavy atom. The molecule has 0 aromatic heterocycles. The molecule has 1 saturated carbocycles. The summed E-state index contributed by atoms with van der Waals surface area (Å²) in [6.07, 6.45) is 6.47. The van der Waals surface area contributed by atoms with Gasteiger partial charge in [0.2, 0.25) is 11.8 Å². The van der Waals surface area contributed by atoms with Crippen LogP contribution in [0.1, 0.15) is 51.9 Å². The predicted octanol–water partition coefficient (Wildman–Crippen LogP) is 1.05. The molecular formula is C15H26N2O3. The van der Waals surface area contributed by atoms with E-state index in [-0.39, 0.29) is 24.3 Å². The van der Waals surface area contributed by atoms with Gasteiger partial charge in [-0.05, 0) is 25.2 Å². The molecule has 5 heteroatoms. The smallest absolute Gasteiger partial charge is 0.248 e. The Labute approximate surface area is 120 Å². The van der Waals surface area contributed by atoms with Gasteiger partial charge in [-0.2, -0.15) is 0 Å². The Balaban J connectivity index is 2.00. The minimum Gasteiger partial charge on any atom is -0.390 e. The highest BCUT2D eigenvalue weighted by Crippen LogP contribution is 2.28. The lowest BCUT2D eigenvalue weighted by Gasteiger charge is -2.38. The number of carbonyl (C=O) groups excluding carboxylic acids is 2. The monoisotopic (exact) mass is 282 g/mol. The molecule has 2 fully saturated rings. The van der Waals surface area contributed by atoms with Crippen molar-refractivity contribution in [1.82, 2.24) is 10.2 Å². The summed E-state index contributed by atoms with van der Waals surface area (Å²) in [5.41, 5.74) is 0. The maximum atomic E-state index is 12.4. The van der Waals surface area contributed by atoms with E-state index in [9.17, 15) is 14.7 Å². The SMILES string of the molecule is CCCCN1CC(=O)N[C@H]([C@H](O)C2CCCCC2)C1=O. The number of nitrogens with zero attached hydrogens (tertiary/aromatic N) is 1. The van der Waals surface area contributed by atoms with Gasteiger partial charge >= 0.3 is 0 Å². The van der Waals surface area contributed by atoms with E-state index < -0.39 is 12.1 Å². The number of aliphatic hydroxyl groups is 1. The van der Waals surface area contributed by atoms with E-state index in [1.54, 1.807) is 4.90 Å². The molecule has 1 saturated heterocycles. The molecule has 1 heterocycles. The van der Waals surface area contributed by atoms with Gasteiger partial charge in [0.15, 0.2) is 0 Å². The molecule has 0 spiro atoms. The second-order valence-electron chi connectivity index (χ2n) is 6.05. The molecule has 2 rings (SSSR count). The van der Waals surface area contributed by atoms with Crippen molar-refractivity contribution in [2.24, 2.45) is 5.92 Å². The van der Waals surface area contributed by atoms with E-state index in [0.29, 0.717) is 6.54 Å². The van der Waals surface area contributed by atoms with Crippen molar-refractivity contribution in [1.29, 1.82) is 0 Å². The second kappa shape index (κ2) is 7.07. The number of unbranched alkanes of at least 4 members (excludes halogenated alkanes) is 1. The van der Waals surface area contributed by atoms with Crippen molar-refractivity contribution >= 4 is 11.8 Å². The molecule has 2 amide bonds. The van der Waals surface area contributed by atoms with Crippen molar-refractivity contribution in [3.63, 3.8) is 0 Å².